The molecule has 0 bridgehead atoms. The maximum absolute atomic E-state index is 12.9. The Bertz CT molecular complexity index is 668. The van der Waals surface area contributed by atoms with E-state index < -0.39 is 11.6 Å². The van der Waals surface area contributed by atoms with Crippen LogP contribution in [-0.2, 0) is 16.1 Å². The molecule has 0 atom stereocenters. The SMILES string of the molecule is O=C(CN1C(=O)NC(C2CC2)(C2CC2)C1=O)NCc1ccccc1. The second-order valence-electron chi connectivity index (χ2n) is 7.00. The van der Waals surface area contributed by atoms with E-state index in [0.717, 1.165) is 36.1 Å². The molecular weight excluding hydrogens is 306 g/mol. The number of nitrogens with one attached hydrogen (secondary N) is 2. The maximum atomic E-state index is 12.9. The van der Waals surface area contributed by atoms with Crippen molar-refractivity contribution in [3.8, 4) is 0 Å². The Balaban J connectivity index is 1.40. The van der Waals surface area contributed by atoms with Crippen LogP contribution in [0.5, 0.6) is 0 Å². The zero-order valence-electron chi connectivity index (χ0n) is 13.5. The number of benzene rings is 1. The molecule has 2 saturated carbocycles. The molecule has 1 aromatic rings. The van der Waals surface area contributed by atoms with Gasteiger partial charge in [0, 0.05) is 6.54 Å². The van der Waals surface area contributed by atoms with Crippen molar-refractivity contribution in [1.29, 1.82) is 0 Å². The molecule has 4 rings (SSSR count). The van der Waals surface area contributed by atoms with Gasteiger partial charge < -0.3 is 10.6 Å². The van der Waals surface area contributed by atoms with E-state index in [1.165, 1.54) is 0 Å². The summed E-state index contributed by atoms with van der Waals surface area (Å²) in [7, 11) is 0. The Morgan fingerprint density at radius 1 is 1.12 bits per heavy atom. The molecule has 0 spiro atoms. The molecule has 0 unspecified atom stereocenters. The fraction of sp³-hybridized carbons (Fsp3) is 0.500. The van der Waals surface area contributed by atoms with Gasteiger partial charge in [0.1, 0.15) is 12.1 Å². The van der Waals surface area contributed by atoms with Gasteiger partial charge in [-0.25, -0.2) is 4.79 Å². The van der Waals surface area contributed by atoms with Gasteiger partial charge in [-0.2, -0.15) is 0 Å². The fourth-order valence-electron chi connectivity index (χ4n) is 3.72. The maximum Gasteiger partial charge on any atom is 0.325 e. The minimum absolute atomic E-state index is 0.202. The van der Waals surface area contributed by atoms with E-state index in [-0.39, 0.29) is 30.2 Å². The predicted octanol–water partition coefficient (Wildman–Crippen LogP) is 1.41. The number of carbonyl (C=O) groups is 3. The molecule has 3 fully saturated rings. The number of imide groups is 1. The highest BCUT2D eigenvalue weighted by molar-refractivity contribution is 6.09. The smallest absolute Gasteiger partial charge is 0.325 e. The first-order chi connectivity index (χ1) is 11.6. The molecule has 1 saturated heterocycles. The van der Waals surface area contributed by atoms with Gasteiger partial charge in [-0.05, 0) is 43.1 Å². The lowest BCUT2D eigenvalue weighted by Gasteiger charge is -2.26. The first-order valence-electron chi connectivity index (χ1n) is 8.56. The fourth-order valence-corrected chi connectivity index (χ4v) is 3.72. The van der Waals surface area contributed by atoms with Crippen LogP contribution in [0, 0.1) is 11.8 Å². The van der Waals surface area contributed by atoms with Crippen molar-refractivity contribution in [1.82, 2.24) is 15.5 Å². The van der Waals surface area contributed by atoms with Crippen molar-refractivity contribution in [2.24, 2.45) is 11.8 Å². The molecule has 3 aliphatic rings. The second-order valence-corrected chi connectivity index (χ2v) is 7.00. The van der Waals surface area contributed by atoms with Crippen LogP contribution in [0.15, 0.2) is 30.3 Å². The average molecular weight is 327 g/mol. The molecule has 1 aliphatic heterocycles. The standard InChI is InChI=1S/C18H21N3O3/c22-15(19-10-12-4-2-1-3-5-12)11-21-16(23)18(13-6-7-13,14-8-9-14)20-17(21)24/h1-5,13-14H,6-11H2,(H,19,22)(H,20,24). The summed E-state index contributed by atoms with van der Waals surface area (Å²) in [6, 6.07) is 9.12. The van der Waals surface area contributed by atoms with Crippen LogP contribution in [0.25, 0.3) is 0 Å². The van der Waals surface area contributed by atoms with Crippen LogP contribution in [-0.4, -0.2) is 34.8 Å². The molecule has 6 nitrogen and oxygen atoms in total. The summed E-state index contributed by atoms with van der Waals surface area (Å²) >= 11 is 0. The third-order valence-corrected chi connectivity index (χ3v) is 5.23. The normalized spacial score (nSPS) is 22.4. The van der Waals surface area contributed by atoms with Crippen LogP contribution >= 0.6 is 0 Å². The van der Waals surface area contributed by atoms with Crippen molar-refractivity contribution < 1.29 is 14.4 Å². The van der Waals surface area contributed by atoms with E-state index in [4.69, 9.17) is 0 Å². The van der Waals surface area contributed by atoms with Gasteiger partial charge in [0.25, 0.3) is 5.91 Å². The lowest BCUT2D eigenvalue weighted by atomic mass is 9.87. The number of amides is 4. The Morgan fingerprint density at radius 2 is 1.75 bits per heavy atom. The lowest BCUT2D eigenvalue weighted by Crippen LogP contribution is -2.51. The minimum Gasteiger partial charge on any atom is -0.350 e. The number of hydrogen-bond acceptors (Lipinski definition) is 3. The Hall–Kier alpha value is -2.37. The second kappa shape index (κ2) is 5.61. The van der Waals surface area contributed by atoms with E-state index in [1.807, 2.05) is 30.3 Å². The van der Waals surface area contributed by atoms with Gasteiger partial charge in [-0.3, -0.25) is 14.5 Å². The number of nitrogens with zero attached hydrogens (tertiary/aromatic N) is 1. The average Bonchev–Trinajstić information content (AvgIpc) is 3.48. The first kappa shape index (κ1) is 15.2. The Labute approximate surface area is 140 Å². The van der Waals surface area contributed by atoms with Crippen molar-refractivity contribution in [3.63, 3.8) is 0 Å². The molecule has 0 radical (unpaired) electrons. The van der Waals surface area contributed by atoms with Crippen LogP contribution in [0.3, 0.4) is 0 Å². The van der Waals surface area contributed by atoms with Gasteiger partial charge in [0.05, 0.1) is 0 Å². The van der Waals surface area contributed by atoms with Crippen molar-refractivity contribution in [2.45, 2.75) is 37.8 Å². The van der Waals surface area contributed by atoms with Crippen LogP contribution < -0.4 is 10.6 Å². The van der Waals surface area contributed by atoms with Gasteiger partial charge >= 0.3 is 6.03 Å². The quantitative estimate of drug-likeness (QED) is 0.776. The highest BCUT2D eigenvalue weighted by Gasteiger charge is 2.65. The minimum atomic E-state index is -0.725. The monoisotopic (exact) mass is 327 g/mol. The number of urea groups is 1. The van der Waals surface area contributed by atoms with Crippen molar-refractivity contribution >= 4 is 17.8 Å². The summed E-state index contributed by atoms with van der Waals surface area (Å²) in [6.07, 6.45) is 3.93. The molecule has 2 aliphatic carbocycles. The van der Waals surface area contributed by atoms with Gasteiger partial charge in [0.15, 0.2) is 0 Å². The third kappa shape index (κ3) is 2.56. The third-order valence-electron chi connectivity index (χ3n) is 5.23. The highest BCUT2D eigenvalue weighted by Crippen LogP contribution is 2.54. The molecule has 2 N–H and O–H groups in total. The predicted molar refractivity (Wildman–Crippen MR) is 86.7 cm³/mol. The molecule has 0 aromatic heterocycles. The van der Waals surface area contributed by atoms with Crippen LogP contribution in [0.4, 0.5) is 4.79 Å². The zero-order valence-corrected chi connectivity index (χ0v) is 13.5. The summed E-state index contributed by atoms with van der Waals surface area (Å²) < 4.78 is 0. The molecule has 4 amide bonds. The molecule has 1 aromatic carbocycles. The molecule has 6 heteroatoms. The summed E-state index contributed by atoms with van der Waals surface area (Å²) in [5.74, 6) is -0.0187. The largest absolute Gasteiger partial charge is 0.350 e. The van der Waals surface area contributed by atoms with Gasteiger partial charge in [-0.1, -0.05) is 30.3 Å². The Kier molecular flexibility index (Phi) is 3.55. The van der Waals surface area contributed by atoms with Gasteiger partial charge in [0.2, 0.25) is 5.91 Å². The van der Waals surface area contributed by atoms with Crippen molar-refractivity contribution in [2.75, 3.05) is 6.54 Å². The zero-order chi connectivity index (χ0) is 16.7. The number of rotatable bonds is 6. The summed E-state index contributed by atoms with van der Waals surface area (Å²) in [6.45, 7) is 0.179. The molecule has 1 heterocycles. The number of hydrogen-bond donors (Lipinski definition) is 2. The lowest BCUT2D eigenvalue weighted by molar-refractivity contribution is -0.136. The van der Waals surface area contributed by atoms with Crippen molar-refractivity contribution in [3.05, 3.63) is 35.9 Å². The molecule has 24 heavy (non-hydrogen) atoms. The topological polar surface area (TPSA) is 78.5 Å². The number of carbonyl (C=O) groups excluding carboxylic acids is 3. The first-order valence-corrected chi connectivity index (χ1v) is 8.56. The highest BCUT2D eigenvalue weighted by atomic mass is 16.2. The van der Waals surface area contributed by atoms with E-state index in [1.54, 1.807) is 0 Å². The molecule has 126 valence electrons. The Morgan fingerprint density at radius 3 is 2.33 bits per heavy atom. The summed E-state index contributed by atoms with van der Waals surface area (Å²) in [5, 5.41) is 5.70. The summed E-state index contributed by atoms with van der Waals surface area (Å²) in [5.41, 5.74) is 0.255. The van der Waals surface area contributed by atoms with Gasteiger partial charge in [-0.15, -0.1) is 0 Å². The van der Waals surface area contributed by atoms with E-state index >= 15 is 0 Å². The van der Waals surface area contributed by atoms with E-state index in [0.29, 0.717) is 6.54 Å². The van der Waals surface area contributed by atoms with E-state index in [9.17, 15) is 14.4 Å². The summed E-state index contributed by atoms with van der Waals surface area (Å²) in [4.78, 5) is 38.4. The van der Waals surface area contributed by atoms with E-state index in [2.05, 4.69) is 10.6 Å². The van der Waals surface area contributed by atoms with Crippen LogP contribution in [0.2, 0.25) is 0 Å². The molecular formula is C18H21N3O3. The van der Waals surface area contributed by atoms with Crippen LogP contribution in [0.1, 0.15) is 31.2 Å².